The number of alkyl carbamates (subject to hydrolysis) is 1. The normalized spacial score (nSPS) is 16.9. The van der Waals surface area contributed by atoms with Crippen molar-refractivity contribution in [3.8, 4) is 0 Å². The number of ketones is 1. The van der Waals surface area contributed by atoms with Gasteiger partial charge in [-0.3, -0.25) is 4.79 Å². The van der Waals surface area contributed by atoms with Crippen molar-refractivity contribution in [3.63, 3.8) is 0 Å². The molecule has 1 amide bonds. The average molecular weight is 417 g/mol. The lowest BCUT2D eigenvalue weighted by Gasteiger charge is -2.29. The van der Waals surface area contributed by atoms with E-state index in [0.717, 1.165) is 23.4 Å². The van der Waals surface area contributed by atoms with E-state index >= 15 is 0 Å². The third kappa shape index (κ3) is 7.54. The van der Waals surface area contributed by atoms with Gasteiger partial charge >= 0.3 is 12.1 Å². The highest BCUT2D eigenvalue weighted by atomic mass is 16.6. The monoisotopic (exact) mass is 416 g/mol. The quantitative estimate of drug-likeness (QED) is 0.682. The molecule has 0 saturated carbocycles. The molecule has 2 N–H and O–H groups in total. The Morgan fingerprint density at radius 3 is 2.30 bits per heavy atom. The van der Waals surface area contributed by atoms with Crippen LogP contribution in [0.5, 0.6) is 0 Å². The molecule has 1 aromatic rings. The Kier molecular flexibility index (Phi) is 7.29. The number of benzene rings is 1. The fraction of sp³-hybridized carbons (Fsp3) is 0.522. The zero-order valence-corrected chi connectivity index (χ0v) is 18.6. The molecule has 0 fully saturated rings. The molecule has 2 rings (SSSR count). The topological polar surface area (TPSA) is 93.7 Å². The van der Waals surface area contributed by atoms with Crippen molar-refractivity contribution in [3.05, 3.63) is 41.6 Å². The maximum Gasteiger partial charge on any atom is 0.408 e. The third-order valence-electron chi connectivity index (χ3n) is 4.53. The fourth-order valence-electron chi connectivity index (χ4n) is 3.36. The number of esters is 1. The molecule has 30 heavy (non-hydrogen) atoms. The first-order valence-electron chi connectivity index (χ1n) is 10.0. The summed E-state index contributed by atoms with van der Waals surface area (Å²) in [6.45, 7) is 9.41. The fourth-order valence-corrected chi connectivity index (χ4v) is 3.36. The van der Waals surface area contributed by atoms with Crippen molar-refractivity contribution < 1.29 is 23.9 Å². The van der Waals surface area contributed by atoms with Crippen molar-refractivity contribution in [2.75, 3.05) is 12.4 Å². The minimum absolute atomic E-state index is 0.0603. The van der Waals surface area contributed by atoms with Gasteiger partial charge in [0.05, 0.1) is 7.11 Å². The van der Waals surface area contributed by atoms with E-state index in [4.69, 9.17) is 9.47 Å². The summed E-state index contributed by atoms with van der Waals surface area (Å²) in [6.07, 6.45) is 2.60. The number of carbonyl (C=O) groups is 3. The molecule has 0 saturated heterocycles. The number of rotatable bonds is 6. The Bertz CT molecular complexity index is 819. The number of allylic oxidation sites excluding steroid dienone is 2. The second-order valence-corrected chi connectivity index (χ2v) is 9.40. The molecule has 0 aromatic heterocycles. The Morgan fingerprint density at radius 2 is 1.77 bits per heavy atom. The zero-order chi connectivity index (χ0) is 22.5. The predicted molar refractivity (Wildman–Crippen MR) is 115 cm³/mol. The number of hydrogen-bond acceptors (Lipinski definition) is 6. The highest BCUT2D eigenvalue weighted by Crippen LogP contribution is 2.34. The maximum absolute atomic E-state index is 12.1. The minimum Gasteiger partial charge on any atom is -0.467 e. The lowest BCUT2D eigenvalue weighted by atomic mass is 9.79. The third-order valence-corrected chi connectivity index (χ3v) is 4.53. The Hall–Kier alpha value is -2.83. The summed E-state index contributed by atoms with van der Waals surface area (Å²) >= 11 is 0. The second-order valence-electron chi connectivity index (χ2n) is 9.40. The minimum atomic E-state index is -0.858. The largest absolute Gasteiger partial charge is 0.467 e. The van der Waals surface area contributed by atoms with Crippen LogP contribution in [0.1, 0.15) is 53.0 Å². The van der Waals surface area contributed by atoms with Crippen molar-refractivity contribution in [1.29, 1.82) is 0 Å². The van der Waals surface area contributed by atoms with E-state index in [2.05, 4.69) is 24.5 Å². The first kappa shape index (κ1) is 23.4. The lowest BCUT2D eigenvalue weighted by molar-refractivity contribution is -0.143. The molecule has 1 aliphatic carbocycles. The number of methoxy groups -OCH3 is 1. The van der Waals surface area contributed by atoms with Crippen molar-refractivity contribution in [1.82, 2.24) is 5.32 Å². The van der Waals surface area contributed by atoms with Gasteiger partial charge in [-0.1, -0.05) is 26.0 Å². The van der Waals surface area contributed by atoms with Gasteiger partial charge in [-0.05, 0) is 50.3 Å². The summed E-state index contributed by atoms with van der Waals surface area (Å²) in [5.74, 6) is -0.421. The van der Waals surface area contributed by atoms with Crippen molar-refractivity contribution in [2.24, 2.45) is 5.41 Å². The summed E-state index contributed by atoms with van der Waals surface area (Å²) in [7, 11) is 1.28. The lowest BCUT2D eigenvalue weighted by Crippen LogP contribution is -2.45. The van der Waals surface area contributed by atoms with Gasteiger partial charge in [-0.2, -0.15) is 0 Å². The van der Waals surface area contributed by atoms with Crippen LogP contribution in [0.25, 0.3) is 0 Å². The Labute approximate surface area is 178 Å². The highest BCUT2D eigenvalue weighted by molar-refractivity contribution is 5.92. The number of hydrogen-bond donors (Lipinski definition) is 2. The van der Waals surface area contributed by atoms with Gasteiger partial charge < -0.3 is 20.1 Å². The SMILES string of the molecule is COC(=O)[C@H](Cc1ccc(NC2=CC(=O)CC(C)(C)C2)cc1)NC(=O)OC(C)(C)C. The van der Waals surface area contributed by atoms with Crippen LogP contribution >= 0.6 is 0 Å². The molecule has 0 aliphatic heterocycles. The van der Waals surface area contributed by atoms with Crippen molar-refractivity contribution in [2.45, 2.75) is 65.5 Å². The number of anilines is 1. The Balaban J connectivity index is 2.04. The maximum atomic E-state index is 12.1. The van der Waals surface area contributed by atoms with Gasteiger partial charge in [-0.15, -0.1) is 0 Å². The molecular weight excluding hydrogens is 384 g/mol. The molecule has 1 aliphatic rings. The number of amides is 1. The van der Waals surface area contributed by atoms with E-state index in [-0.39, 0.29) is 17.6 Å². The highest BCUT2D eigenvalue weighted by Gasteiger charge is 2.28. The van der Waals surface area contributed by atoms with Crippen LogP contribution in [0.4, 0.5) is 10.5 Å². The molecule has 0 unspecified atom stereocenters. The van der Waals surface area contributed by atoms with Gasteiger partial charge in [0.25, 0.3) is 0 Å². The van der Waals surface area contributed by atoms with E-state index in [1.807, 2.05) is 24.3 Å². The molecule has 1 atom stereocenters. The predicted octanol–water partition coefficient (Wildman–Crippen LogP) is 3.98. The molecule has 7 heteroatoms. The van der Waals surface area contributed by atoms with Gasteiger partial charge in [0.2, 0.25) is 0 Å². The van der Waals surface area contributed by atoms with Crippen LogP contribution in [-0.4, -0.2) is 36.6 Å². The summed E-state index contributed by atoms with van der Waals surface area (Å²) < 4.78 is 10.0. The summed E-state index contributed by atoms with van der Waals surface area (Å²) in [5.41, 5.74) is 1.87. The summed E-state index contributed by atoms with van der Waals surface area (Å²) in [6, 6.07) is 6.63. The Morgan fingerprint density at radius 1 is 1.13 bits per heavy atom. The van der Waals surface area contributed by atoms with Gasteiger partial charge in [0.15, 0.2) is 5.78 Å². The number of carbonyl (C=O) groups excluding carboxylic acids is 3. The molecular formula is C23H32N2O5. The molecule has 0 bridgehead atoms. The number of ether oxygens (including phenoxy) is 2. The van der Waals surface area contributed by atoms with E-state index in [0.29, 0.717) is 6.42 Å². The average Bonchev–Trinajstić information content (AvgIpc) is 2.58. The van der Waals surface area contributed by atoms with Crippen LogP contribution < -0.4 is 10.6 Å². The van der Waals surface area contributed by atoms with Crippen molar-refractivity contribution >= 4 is 23.5 Å². The zero-order valence-electron chi connectivity index (χ0n) is 18.6. The van der Waals surface area contributed by atoms with Crippen LogP contribution in [0.15, 0.2) is 36.0 Å². The second kappa shape index (κ2) is 9.32. The molecule has 0 spiro atoms. The first-order chi connectivity index (χ1) is 13.9. The first-order valence-corrected chi connectivity index (χ1v) is 10.0. The van der Waals surface area contributed by atoms with E-state index in [1.165, 1.54) is 7.11 Å². The molecule has 7 nitrogen and oxygen atoms in total. The van der Waals surface area contributed by atoms with Gasteiger partial charge in [0.1, 0.15) is 11.6 Å². The van der Waals surface area contributed by atoms with Gasteiger partial charge in [-0.25, -0.2) is 9.59 Å². The summed E-state index contributed by atoms with van der Waals surface area (Å²) in [4.78, 5) is 36.1. The van der Waals surface area contributed by atoms with Gasteiger partial charge in [0, 0.05) is 30.3 Å². The van der Waals surface area contributed by atoms with E-state index in [9.17, 15) is 14.4 Å². The molecule has 164 valence electrons. The van der Waals surface area contributed by atoms with E-state index < -0.39 is 23.7 Å². The summed E-state index contributed by atoms with van der Waals surface area (Å²) in [5, 5.41) is 5.87. The van der Waals surface area contributed by atoms with Crippen LogP contribution in [0, 0.1) is 5.41 Å². The molecule has 1 aromatic carbocycles. The molecule has 0 radical (unpaired) electrons. The number of nitrogens with one attached hydrogen (secondary N) is 2. The van der Waals surface area contributed by atoms with E-state index in [1.54, 1.807) is 26.8 Å². The molecule has 0 heterocycles. The van der Waals surface area contributed by atoms with Crippen LogP contribution in [0.2, 0.25) is 0 Å². The van der Waals surface area contributed by atoms with Crippen LogP contribution in [-0.2, 0) is 25.5 Å². The smallest absolute Gasteiger partial charge is 0.408 e. The standard InChI is InChI=1S/C23H32N2O5/c1-22(2,3)30-21(28)25-19(20(27)29-6)11-15-7-9-16(10-8-15)24-17-12-18(26)14-23(4,5)13-17/h7-10,12,19,24H,11,13-14H2,1-6H3,(H,25,28)/t19-/m0/s1. The van der Waals surface area contributed by atoms with Crippen LogP contribution in [0.3, 0.4) is 0 Å².